The van der Waals surface area contributed by atoms with Crippen LogP contribution in [0.2, 0.25) is 0 Å². The maximum atomic E-state index is 12.3. The quantitative estimate of drug-likeness (QED) is 0.758. The van der Waals surface area contributed by atoms with Gasteiger partial charge < -0.3 is 10.4 Å². The van der Waals surface area contributed by atoms with Gasteiger partial charge >= 0.3 is 5.97 Å². The van der Waals surface area contributed by atoms with Crippen LogP contribution in [0.3, 0.4) is 0 Å². The number of aromatic nitrogens is 4. The number of carboxylic acids is 1. The number of benzene rings is 1. The summed E-state index contributed by atoms with van der Waals surface area (Å²) < 4.78 is 1.50. The molecule has 2 N–H and O–H groups in total. The predicted molar refractivity (Wildman–Crippen MR) is 85.6 cm³/mol. The van der Waals surface area contributed by atoms with Crippen LogP contribution in [0.1, 0.15) is 21.0 Å². The summed E-state index contributed by atoms with van der Waals surface area (Å²) in [5.41, 5.74) is 0.929. The number of aryl methyl sites for hydroxylation is 1. The van der Waals surface area contributed by atoms with E-state index in [1.807, 2.05) is 30.3 Å². The van der Waals surface area contributed by atoms with Gasteiger partial charge in [0.2, 0.25) is 0 Å². The number of amides is 1. The summed E-state index contributed by atoms with van der Waals surface area (Å²) >= 11 is 0. The molecule has 0 aliphatic heterocycles. The molecule has 3 rings (SSSR count). The van der Waals surface area contributed by atoms with Gasteiger partial charge in [-0.1, -0.05) is 30.3 Å². The average Bonchev–Trinajstić information content (AvgIpc) is 2.96. The number of carbonyl (C=O) groups is 2. The third-order valence-corrected chi connectivity index (χ3v) is 3.31. The fourth-order valence-electron chi connectivity index (χ4n) is 2.17. The molecule has 0 atom stereocenters. The number of nitrogens with zero attached hydrogens (tertiary/aromatic N) is 4. The van der Waals surface area contributed by atoms with Crippen molar-refractivity contribution in [3.8, 4) is 11.3 Å². The molecule has 0 saturated heterocycles. The minimum atomic E-state index is -1.32. The molecule has 0 unspecified atom stereocenters. The Balaban J connectivity index is 1.88. The van der Waals surface area contributed by atoms with Gasteiger partial charge in [-0.2, -0.15) is 5.10 Å². The Kier molecular flexibility index (Phi) is 4.02. The standard InChI is InChI=1S/C16H13N5O3/c1-21-12(9-11(20-21)10-5-3-2-4-6-10)19-15(22)13-14(16(23)24)18-8-7-17-13/h2-9H,1H3,(H,19,22)(H,23,24). The topological polar surface area (TPSA) is 110 Å². The van der Waals surface area contributed by atoms with Crippen molar-refractivity contribution in [3.63, 3.8) is 0 Å². The normalized spacial score (nSPS) is 10.4. The third kappa shape index (κ3) is 2.98. The van der Waals surface area contributed by atoms with E-state index in [2.05, 4.69) is 20.4 Å². The zero-order valence-corrected chi connectivity index (χ0v) is 12.7. The minimum absolute atomic E-state index is 0.257. The van der Waals surface area contributed by atoms with Gasteiger partial charge in [-0.25, -0.2) is 14.8 Å². The van der Waals surface area contributed by atoms with Gasteiger partial charge in [-0.05, 0) is 0 Å². The van der Waals surface area contributed by atoms with Crippen LogP contribution in [0.5, 0.6) is 0 Å². The zero-order valence-electron chi connectivity index (χ0n) is 12.7. The van der Waals surface area contributed by atoms with E-state index in [-0.39, 0.29) is 5.69 Å². The molecule has 2 heterocycles. The Labute approximate surface area is 136 Å². The summed E-state index contributed by atoms with van der Waals surface area (Å²) in [6.07, 6.45) is 2.48. The first kappa shape index (κ1) is 15.3. The highest BCUT2D eigenvalue weighted by Crippen LogP contribution is 2.21. The molecule has 0 radical (unpaired) electrons. The maximum Gasteiger partial charge on any atom is 0.356 e. The van der Waals surface area contributed by atoms with Gasteiger partial charge in [0, 0.05) is 31.1 Å². The lowest BCUT2D eigenvalue weighted by Gasteiger charge is -2.05. The molecule has 2 aromatic heterocycles. The molecule has 8 nitrogen and oxygen atoms in total. The van der Waals surface area contributed by atoms with E-state index in [1.54, 1.807) is 13.1 Å². The van der Waals surface area contributed by atoms with Gasteiger partial charge in [0.05, 0.1) is 5.69 Å². The molecule has 0 aliphatic carbocycles. The summed E-state index contributed by atoms with van der Waals surface area (Å²) in [7, 11) is 1.68. The Morgan fingerprint density at radius 1 is 1.08 bits per heavy atom. The summed E-state index contributed by atoms with van der Waals surface area (Å²) in [5, 5.41) is 16.0. The second-order valence-electron chi connectivity index (χ2n) is 4.92. The fourth-order valence-corrected chi connectivity index (χ4v) is 2.17. The van der Waals surface area contributed by atoms with Crippen LogP contribution >= 0.6 is 0 Å². The molecule has 0 aliphatic rings. The van der Waals surface area contributed by atoms with E-state index in [1.165, 1.54) is 17.1 Å². The molecule has 120 valence electrons. The molecule has 24 heavy (non-hydrogen) atoms. The SMILES string of the molecule is Cn1nc(-c2ccccc2)cc1NC(=O)c1nccnc1C(=O)O. The Morgan fingerprint density at radius 3 is 2.42 bits per heavy atom. The number of hydrogen-bond donors (Lipinski definition) is 2. The zero-order chi connectivity index (χ0) is 17.1. The number of anilines is 1. The number of aromatic carboxylic acids is 1. The van der Waals surface area contributed by atoms with Crippen LogP contribution in [-0.2, 0) is 7.05 Å². The van der Waals surface area contributed by atoms with Crippen molar-refractivity contribution in [2.24, 2.45) is 7.05 Å². The number of rotatable bonds is 4. The number of carbonyl (C=O) groups excluding carboxylic acids is 1. The monoisotopic (exact) mass is 323 g/mol. The van der Waals surface area contributed by atoms with Gasteiger partial charge in [0.1, 0.15) is 5.82 Å². The average molecular weight is 323 g/mol. The molecular weight excluding hydrogens is 310 g/mol. The molecule has 0 bridgehead atoms. The second-order valence-corrected chi connectivity index (χ2v) is 4.92. The lowest BCUT2D eigenvalue weighted by atomic mass is 10.1. The molecule has 1 aromatic carbocycles. The van der Waals surface area contributed by atoms with Crippen molar-refractivity contribution in [2.75, 3.05) is 5.32 Å². The summed E-state index contributed by atoms with van der Waals surface area (Å²) in [5.74, 6) is -1.56. The Bertz CT molecular complexity index is 905. The van der Waals surface area contributed by atoms with Crippen LogP contribution in [0.15, 0.2) is 48.8 Å². The van der Waals surface area contributed by atoms with Crippen molar-refractivity contribution < 1.29 is 14.7 Å². The van der Waals surface area contributed by atoms with Gasteiger partial charge in [-0.15, -0.1) is 0 Å². The first-order chi connectivity index (χ1) is 11.6. The highest BCUT2D eigenvalue weighted by Gasteiger charge is 2.20. The van der Waals surface area contributed by atoms with E-state index in [4.69, 9.17) is 5.11 Å². The Hall–Kier alpha value is -3.55. The van der Waals surface area contributed by atoms with Crippen LogP contribution < -0.4 is 5.32 Å². The summed E-state index contributed by atoms with van der Waals surface area (Å²) in [6.45, 7) is 0. The van der Waals surface area contributed by atoms with E-state index >= 15 is 0 Å². The van der Waals surface area contributed by atoms with Gasteiger partial charge in [0.15, 0.2) is 11.4 Å². The van der Waals surface area contributed by atoms with E-state index in [0.29, 0.717) is 11.5 Å². The fraction of sp³-hybridized carbons (Fsp3) is 0.0625. The van der Waals surface area contributed by atoms with Crippen LogP contribution in [0, 0.1) is 0 Å². The van der Waals surface area contributed by atoms with E-state index in [0.717, 1.165) is 5.56 Å². The van der Waals surface area contributed by atoms with Crippen molar-refractivity contribution in [3.05, 3.63) is 60.2 Å². The van der Waals surface area contributed by atoms with Crippen LogP contribution in [0.25, 0.3) is 11.3 Å². The molecule has 0 spiro atoms. The van der Waals surface area contributed by atoms with Crippen molar-refractivity contribution in [1.29, 1.82) is 0 Å². The largest absolute Gasteiger partial charge is 0.476 e. The van der Waals surface area contributed by atoms with Gasteiger partial charge in [0.25, 0.3) is 5.91 Å². The number of hydrogen-bond acceptors (Lipinski definition) is 5. The molecule has 1 amide bonds. The van der Waals surface area contributed by atoms with E-state index < -0.39 is 17.6 Å². The van der Waals surface area contributed by atoms with Crippen LogP contribution in [0.4, 0.5) is 5.82 Å². The summed E-state index contributed by atoms with van der Waals surface area (Å²) in [6, 6.07) is 11.2. The third-order valence-electron chi connectivity index (χ3n) is 3.31. The molecule has 8 heteroatoms. The van der Waals surface area contributed by atoms with Gasteiger partial charge in [-0.3, -0.25) is 9.48 Å². The molecular formula is C16H13N5O3. The van der Waals surface area contributed by atoms with Crippen LogP contribution in [-0.4, -0.2) is 36.7 Å². The molecule has 0 fully saturated rings. The van der Waals surface area contributed by atoms with Crippen molar-refractivity contribution in [1.82, 2.24) is 19.7 Å². The first-order valence-electron chi connectivity index (χ1n) is 7.01. The molecule has 0 saturated carbocycles. The maximum absolute atomic E-state index is 12.3. The van der Waals surface area contributed by atoms with E-state index in [9.17, 15) is 9.59 Å². The first-order valence-corrected chi connectivity index (χ1v) is 7.01. The smallest absolute Gasteiger partial charge is 0.356 e. The second kappa shape index (κ2) is 6.29. The van der Waals surface area contributed by atoms with Crippen molar-refractivity contribution in [2.45, 2.75) is 0 Å². The summed E-state index contributed by atoms with van der Waals surface area (Å²) in [4.78, 5) is 30.9. The van der Waals surface area contributed by atoms with Crippen molar-refractivity contribution >= 4 is 17.7 Å². The Morgan fingerprint density at radius 2 is 1.75 bits per heavy atom. The lowest BCUT2D eigenvalue weighted by Crippen LogP contribution is -2.20. The highest BCUT2D eigenvalue weighted by atomic mass is 16.4. The lowest BCUT2D eigenvalue weighted by molar-refractivity contribution is 0.0685. The molecule has 3 aromatic rings. The predicted octanol–water partition coefficient (Wildman–Crippen LogP) is 1.83. The minimum Gasteiger partial charge on any atom is -0.476 e. The number of nitrogens with one attached hydrogen (secondary N) is 1. The number of carboxylic acid groups (broad SMARTS) is 1. The highest BCUT2D eigenvalue weighted by molar-refractivity contribution is 6.08.